The second-order valence-corrected chi connectivity index (χ2v) is 11.2. The Kier molecular flexibility index (Phi) is 7.24. The van der Waals surface area contributed by atoms with Crippen molar-refractivity contribution < 1.29 is 16.8 Å². The summed E-state index contributed by atoms with van der Waals surface area (Å²) in [5, 5.41) is -0.284. The zero-order chi connectivity index (χ0) is 19.4. The molecule has 1 aromatic rings. The lowest BCUT2D eigenvalue weighted by molar-refractivity contribution is 0.471. The minimum absolute atomic E-state index is 0.172. The molecule has 0 aromatic heterocycles. The van der Waals surface area contributed by atoms with Crippen molar-refractivity contribution in [3.8, 4) is 0 Å². The Morgan fingerprint density at radius 2 is 1.50 bits per heavy atom. The van der Waals surface area contributed by atoms with Gasteiger partial charge in [0.2, 0.25) is 20.0 Å². The standard InChI is InChI=1S/C18H30N2O4S2/c1-14(2)19-25(21,22)18-11-9-16(10-12-18)13-15(3)20-26(23,24)17-7-5-4-6-8-17/h9-12,14-15,17,19-20H,4-8,13H2,1-3H3. The highest BCUT2D eigenvalue weighted by molar-refractivity contribution is 7.90. The third-order valence-electron chi connectivity index (χ3n) is 4.52. The predicted octanol–water partition coefficient (Wildman–Crippen LogP) is 2.56. The zero-order valence-corrected chi connectivity index (χ0v) is 17.4. The first-order chi connectivity index (χ1) is 12.1. The van der Waals surface area contributed by atoms with Crippen molar-refractivity contribution in [1.82, 2.24) is 9.44 Å². The number of benzene rings is 1. The highest BCUT2D eigenvalue weighted by atomic mass is 32.2. The number of hydrogen-bond acceptors (Lipinski definition) is 4. The Balaban J connectivity index is 1.98. The van der Waals surface area contributed by atoms with Crippen LogP contribution in [0.15, 0.2) is 29.2 Å². The molecule has 2 rings (SSSR count). The average Bonchev–Trinajstić information content (AvgIpc) is 2.54. The van der Waals surface area contributed by atoms with Gasteiger partial charge >= 0.3 is 0 Å². The van der Waals surface area contributed by atoms with E-state index >= 15 is 0 Å². The van der Waals surface area contributed by atoms with E-state index < -0.39 is 20.0 Å². The van der Waals surface area contributed by atoms with Gasteiger partial charge in [-0.25, -0.2) is 26.3 Å². The van der Waals surface area contributed by atoms with E-state index in [1.54, 1.807) is 38.1 Å². The van der Waals surface area contributed by atoms with E-state index in [9.17, 15) is 16.8 Å². The number of sulfonamides is 2. The molecule has 0 bridgehead atoms. The molecule has 8 heteroatoms. The molecular weight excluding hydrogens is 372 g/mol. The number of rotatable bonds is 8. The molecule has 1 saturated carbocycles. The quantitative estimate of drug-likeness (QED) is 0.699. The van der Waals surface area contributed by atoms with Crippen molar-refractivity contribution in [2.75, 3.05) is 0 Å². The van der Waals surface area contributed by atoms with Gasteiger partial charge in [0.25, 0.3) is 0 Å². The van der Waals surface area contributed by atoms with Gasteiger partial charge in [-0.15, -0.1) is 0 Å². The molecule has 0 saturated heterocycles. The van der Waals surface area contributed by atoms with Crippen LogP contribution in [0.1, 0.15) is 58.4 Å². The van der Waals surface area contributed by atoms with E-state index in [4.69, 9.17) is 0 Å². The van der Waals surface area contributed by atoms with Crippen molar-refractivity contribution >= 4 is 20.0 Å². The Labute approximate surface area is 157 Å². The molecule has 0 amide bonds. The van der Waals surface area contributed by atoms with E-state index in [1.807, 2.05) is 6.92 Å². The minimum atomic E-state index is -3.51. The molecule has 1 aromatic carbocycles. The fourth-order valence-corrected chi connectivity index (χ4v) is 6.37. The summed E-state index contributed by atoms with van der Waals surface area (Å²) in [4.78, 5) is 0.213. The van der Waals surface area contributed by atoms with Crippen LogP contribution in [-0.4, -0.2) is 34.2 Å². The predicted molar refractivity (Wildman–Crippen MR) is 104 cm³/mol. The summed E-state index contributed by atoms with van der Waals surface area (Å²) in [6.45, 7) is 5.38. The molecule has 0 spiro atoms. The van der Waals surface area contributed by atoms with Gasteiger partial charge in [0, 0.05) is 12.1 Å². The summed E-state index contributed by atoms with van der Waals surface area (Å²) >= 11 is 0. The molecule has 1 aliphatic carbocycles. The van der Waals surface area contributed by atoms with E-state index in [2.05, 4.69) is 9.44 Å². The van der Waals surface area contributed by atoms with Crippen molar-refractivity contribution in [1.29, 1.82) is 0 Å². The molecule has 1 unspecified atom stereocenters. The average molecular weight is 403 g/mol. The normalized spacial score (nSPS) is 18.2. The van der Waals surface area contributed by atoms with Crippen LogP contribution < -0.4 is 9.44 Å². The lowest BCUT2D eigenvalue weighted by Crippen LogP contribution is -2.41. The van der Waals surface area contributed by atoms with Gasteiger partial charge in [0.15, 0.2) is 0 Å². The maximum atomic E-state index is 12.5. The molecule has 1 fully saturated rings. The molecule has 2 N–H and O–H groups in total. The molecular formula is C18H30N2O4S2. The molecule has 6 nitrogen and oxygen atoms in total. The SMILES string of the molecule is CC(C)NS(=O)(=O)c1ccc(CC(C)NS(=O)(=O)C2CCCCC2)cc1. The van der Waals surface area contributed by atoms with Crippen LogP contribution in [0.25, 0.3) is 0 Å². The van der Waals surface area contributed by atoms with Gasteiger partial charge in [0.1, 0.15) is 0 Å². The molecule has 1 atom stereocenters. The highest BCUT2D eigenvalue weighted by Gasteiger charge is 2.28. The smallest absolute Gasteiger partial charge is 0.212 e. The largest absolute Gasteiger partial charge is 0.240 e. The maximum Gasteiger partial charge on any atom is 0.240 e. The molecule has 0 aliphatic heterocycles. The van der Waals surface area contributed by atoms with Gasteiger partial charge < -0.3 is 0 Å². The molecule has 26 heavy (non-hydrogen) atoms. The van der Waals surface area contributed by atoms with Gasteiger partial charge in [-0.05, 0) is 57.7 Å². The monoisotopic (exact) mass is 402 g/mol. The van der Waals surface area contributed by atoms with E-state index in [0.29, 0.717) is 6.42 Å². The van der Waals surface area contributed by atoms with Crippen LogP contribution in [0.4, 0.5) is 0 Å². The summed E-state index contributed by atoms with van der Waals surface area (Å²) in [6, 6.07) is 6.18. The highest BCUT2D eigenvalue weighted by Crippen LogP contribution is 2.23. The molecule has 148 valence electrons. The maximum absolute atomic E-state index is 12.5. The first-order valence-electron chi connectivity index (χ1n) is 9.22. The molecule has 0 radical (unpaired) electrons. The lowest BCUT2D eigenvalue weighted by atomic mass is 10.0. The van der Waals surface area contributed by atoms with Crippen LogP contribution in [0.3, 0.4) is 0 Å². The van der Waals surface area contributed by atoms with Crippen LogP contribution in [-0.2, 0) is 26.5 Å². The van der Waals surface area contributed by atoms with Gasteiger partial charge in [0.05, 0.1) is 10.1 Å². The van der Waals surface area contributed by atoms with Gasteiger partial charge in [-0.1, -0.05) is 31.4 Å². The van der Waals surface area contributed by atoms with Gasteiger partial charge in [-0.2, -0.15) is 0 Å². The van der Waals surface area contributed by atoms with Crippen LogP contribution in [0.2, 0.25) is 0 Å². The van der Waals surface area contributed by atoms with Crippen LogP contribution in [0, 0.1) is 0 Å². The Bertz CT molecular complexity index is 781. The van der Waals surface area contributed by atoms with Crippen molar-refractivity contribution in [2.45, 2.75) is 81.5 Å². The van der Waals surface area contributed by atoms with E-state index in [0.717, 1.165) is 37.7 Å². The summed E-state index contributed by atoms with van der Waals surface area (Å²) in [5.41, 5.74) is 0.896. The fraction of sp³-hybridized carbons (Fsp3) is 0.667. The number of hydrogen-bond donors (Lipinski definition) is 2. The summed E-state index contributed by atoms with van der Waals surface area (Å²) < 4.78 is 54.6. The van der Waals surface area contributed by atoms with Crippen molar-refractivity contribution in [2.24, 2.45) is 0 Å². The molecule has 0 heterocycles. The minimum Gasteiger partial charge on any atom is -0.212 e. The first kappa shape index (κ1) is 21.3. The second kappa shape index (κ2) is 8.82. The fourth-order valence-electron chi connectivity index (χ4n) is 3.33. The van der Waals surface area contributed by atoms with Crippen LogP contribution >= 0.6 is 0 Å². The lowest BCUT2D eigenvalue weighted by Gasteiger charge is -2.24. The summed E-state index contributed by atoms with van der Waals surface area (Å²) in [5.74, 6) is 0. The topological polar surface area (TPSA) is 92.3 Å². The third kappa shape index (κ3) is 6.04. The molecule has 1 aliphatic rings. The first-order valence-corrected chi connectivity index (χ1v) is 12.3. The summed E-state index contributed by atoms with van der Waals surface area (Å²) in [6.07, 6.45) is 5.04. The number of nitrogens with one attached hydrogen (secondary N) is 2. The Hall–Kier alpha value is -0.960. The zero-order valence-electron chi connectivity index (χ0n) is 15.7. The third-order valence-corrected chi connectivity index (χ3v) is 8.28. The van der Waals surface area contributed by atoms with E-state index in [-0.39, 0.29) is 22.2 Å². The second-order valence-electron chi connectivity index (χ2n) is 7.45. The van der Waals surface area contributed by atoms with Crippen molar-refractivity contribution in [3.05, 3.63) is 29.8 Å². The van der Waals surface area contributed by atoms with Crippen LogP contribution in [0.5, 0.6) is 0 Å². The van der Waals surface area contributed by atoms with Crippen molar-refractivity contribution in [3.63, 3.8) is 0 Å². The Morgan fingerprint density at radius 1 is 0.923 bits per heavy atom. The van der Waals surface area contributed by atoms with E-state index in [1.165, 1.54) is 0 Å². The Morgan fingerprint density at radius 3 is 2.04 bits per heavy atom. The summed E-state index contributed by atoms with van der Waals surface area (Å²) in [7, 11) is -6.81. The van der Waals surface area contributed by atoms with Gasteiger partial charge in [-0.3, -0.25) is 0 Å².